The highest BCUT2D eigenvalue weighted by molar-refractivity contribution is 5.27. The summed E-state index contributed by atoms with van der Waals surface area (Å²) >= 11 is 0. The van der Waals surface area contributed by atoms with Crippen molar-refractivity contribution in [1.82, 2.24) is 0 Å². The van der Waals surface area contributed by atoms with E-state index in [0.717, 1.165) is 50.0 Å². The van der Waals surface area contributed by atoms with Gasteiger partial charge in [-0.05, 0) is 116 Å². The van der Waals surface area contributed by atoms with Crippen LogP contribution in [0, 0.1) is 11.8 Å². The number of benzene rings is 2. The monoisotopic (exact) mass is 500 g/mol. The molecule has 0 radical (unpaired) electrons. The summed E-state index contributed by atoms with van der Waals surface area (Å²) in [4.78, 5) is 0. The van der Waals surface area contributed by atoms with Gasteiger partial charge in [-0.25, -0.2) is 4.39 Å². The highest BCUT2D eigenvalue weighted by atomic mass is 19.4. The van der Waals surface area contributed by atoms with Crippen LogP contribution < -0.4 is 0 Å². The summed E-state index contributed by atoms with van der Waals surface area (Å²) in [5.41, 5.74) is 5.54. The maximum absolute atomic E-state index is 13.2. The molecule has 0 saturated heterocycles. The molecule has 0 spiro atoms. The van der Waals surface area contributed by atoms with E-state index in [-0.39, 0.29) is 5.92 Å². The first kappa shape index (κ1) is 26.9. The van der Waals surface area contributed by atoms with E-state index in [1.165, 1.54) is 54.4 Å². The van der Waals surface area contributed by atoms with Gasteiger partial charge in [0.25, 0.3) is 0 Å². The van der Waals surface area contributed by atoms with Crippen LogP contribution in [0.1, 0.15) is 105 Å². The molecule has 2 aliphatic carbocycles. The van der Waals surface area contributed by atoms with Crippen molar-refractivity contribution >= 4 is 0 Å². The number of unbranched alkanes of at least 4 members (excludes halogenated alkanes) is 1. The summed E-state index contributed by atoms with van der Waals surface area (Å²) in [5.74, 6) is -0.253. The highest BCUT2D eigenvalue weighted by Gasteiger charge is 2.35. The number of allylic oxidation sites excluding steroid dienone is 2. The molecule has 4 rings (SSSR count). The first-order valence-electron chi connectivity index (χ1n) is 13.9. The van der Waals surface area contributed by atoms with Gasteiger partial charge in [0.1, 0.15) is 0 Å². The predicted molar refractivity (Wildman–Crippen MR) is 140 cm³/mol. The Morgan fingerprint density at radius 2 is 1.11 bits per heavy atom. The fourth-order valence-electron chi connectivity index (χ4n) is 6.09. The van der Waals surface area contributed by atoms with Gasteiger partial charge in [0, 0.05) is 0 Å². The molecule has 0 aromatic heterocycles. The maximum atomic E-state index is 13.2. The third-order valence-electron chi connectivity index (χ3n) is 8.52. The van der Waals surface area contributed by atoms with Crippen molar-refractivity contribution < 1.29 is 17.6 Å². The lowest BCUT2D eigenvalue weighted by Gasteiger charge is -2.27. The van der Waals surface area contributed by atoms with Crippen LogP contribution >= 0.6 is 0 Å². The first-order chi connectivity index (χ1) is 17.3. The van der Waals surface area contributed by atoms with Gasteiger partial charge in [0.05, 0.1) is 0 Å². The summed E-state index contributed by atoms with van der Waals surface area (Å²) in [6.07, 6.45) is 8.66. The van der Waals surface area contributed by atoms with Crippen molar-refractivity contribution in [3.63, 3.8) is 0 Å². The fraction of sp³-hybridized carbons (Fsp3) is 0.562. The molecule has 2 aliphatic rings. The van der Waals surface area contributed by atoms with Gasteiger partial charge in [0.2, 0.25) is 0 Å². The highest BCUT2D eigenvalue weighted by Crippen LogP contribution is 2.39. The van der Waals surface area contributed by atoms with Gasteiger partial charge in [-0.3, -0.25) is 0 Å². The van der Waals surface area contributed by atoms with Gasteiger partial charge in [-0.1, -0.05) is 68.3 Å². The fourth-order valence-corrected chi connectivity index (χ4v) is 6.09. The van der Waals surface area contributed by atoms with Crippen molar-refractivity contribution in [2.75, 3.05) is 0 Å². The molecule has 36 heavy (non-hydrogen) atoms. The van der Waals surface area contributed by atoms with Crippen LogP contribution in [0.4, 0.5) is 17.6 Å². The minimum absolute atomic E-state index is 0.311. The van der Waals surface area contributed by atoms with Crippen LogP contribution in [0.25, 0.3) is 0 Å². The summed E-state index contributed by atoms with van der Waals surface area (Å²) in [7, 11) is 0. The Labute approximate surface area is 214 Å². The van der Waals surface area contributed by atoms with Crippen molar-refractivity contribution in [3.8, 4) is 0 Å². The SMILES string of the molecule is CC1CCC(c2ccc(CCCCc3ccc(C4CCC(C=C(F)C(F)(F)F)CC4)cc3)cc2)CC1. The third kappa shape index (κ3) is 7.70. The second-order valence-corrected chi connectivity index (χ2v) is 11.3. The van der Waals surface area contributed by atoms with Gasteiger partial charge < -0.3 is 0 Å². The Morgan fingerprint density at radius 3 is 1.53 bits per heavy atom. The molecule has 2 fully saturated rings. The van der Waals surface area contributed by atoms with Gasteiger partial charge in [0.15, 0.2) is 5.83 Å². The zero-order chi connectivity index (χ0) is 25.5. The molecule has 0 aliphatic heterocycles. The van der Waals surface area contributed by atoms with Crippen LogP contribution in [0.5, 0.6) is 0 Å². The van der Waals surface area contributed by atoms with E-state index >= 15 is 0 Å². The smallest absolute Gasteiger partial charge is 0.202 e. The molecule has 2 aromatic carbocycles. The van der Waals surface area contributed by atoms with E-state index in [9.17, 15) is 17.6 Å². The maximum Gasteiger partial charge on any atom is 0.442 e. The van der Waals surface area contributed by atoms with Crippen molar-refractivity contribution in [3.05, 3.63) is 82.7 Å². The molecule has 2 aromatic rings. The number of hydrogen-bond donors (Lipinski definition) is 0. The molecular formula is C32H40F4. The van der Waals surface area contributed by atoms with Gasteiger partial charge in [-0.15, -0.1) is 0 Å². The first-order valence-corrected chi connectivity index (χ1v) is 13.9. The average Bonchev–Trinajstić information content (AvgIpc) is 2.88. The van der Waals surface area contributed by atoms with E-state index < -0.39 is 12.0 Å². The zero-order valence-electron chi connectivity index (χ0n) is 21.5. The largest absolute Gasteiger partial charge is 0.442 e. The second-order valence-electron chi connectivity index (χ2n) is 11.3. The van der Waals surface area contributed by atoms with Crippen LogP contribution in [0.2, 0.25) is 0 Å². The number of alkyl halides is 3. The summed E-state index contributed by atoms with van der Waals surface area (Å²) in [6.45, 7) is 2.37. The lowest BCUT2D eigenvalue weighted by atomic mass is 9.78. The van der Waals surface area contributed by atoms with Crippen molar-refractivity contribution in [2.24, 2.45) is 11.8 Å². The number of rotatable bonds is 8. The second kappa shape index (κ2) is 12.4. The van der Waals surface area contributed by atoms with Crippen molar-refractivity contribution in [1.29, 1.82) is 0 Å². The number of hydrogen-bond acceptors (Lipinski definition) is 0. The topological polar surface area (TPSA) is 0 Å². The third-order valence-corrected chi connectivity index (χ3v) is 8.52. The number of halogens is 4. The molecule has 2 saturated carbocycles. The van der Waals surface area contributed by atoms with E-state index in [4.69, 9.17) is 0 Å². The Kier molecular flexibility index (Phi) is 9.30. The molecule has 4 heteroatoms. The standard InChI is InChI=1S/C32H40F4/c1-23-6-14-27(15-7-23)28-16-8-24(9-17-28)4-2-3-5-25-10-18-29(19-11-25)30-20-12-26(13-21-30)22-31(33)32(34,35)36/h8-11,16-19,22-23,26-27,30H,2-7,12-15,20-21H2,1H3. The normalized spacial score (nSPS) is 25.6. The van der Waals surface area contributed by atoms with Crippen LogP contribution in [0.15, 0.2) is 60.4 Å². The Balaban J connectivity index is 1.16. The van der Waals surface area contributed by atoms with E-state index in [1.807, 2.05) is 0 Å². The molecule has 0 heterocycles. The van der Waals surface area contributed by atoms with E-state index in [1.54, 1.807) is 0 Å². The minimum Gasteiger partial charge on any atom is -0.202 e. The van der Waals surface area contributed by atoms with Crippen LogP contribution in [-0.4, -0.2) is 6.18 Å². The lowest BCUT2D eigenvalue weighted by molar-refractivity contribution is -0.109. The molecule has 196 valence electrons. The predicted octanol–water partition coefficient (Wildman–Crippen LogP) is 10.2. The zero-order valence-corrected chi connectivity index (χ0v) is 21.5. The Hall–Kier alpha value is -2.10. The molecule has 0 amide bonds. The molecular weight excluding hydrogens is 460 g/mol. The van der Waals surface area contributed by atoms with E-state index in [0.29, 0.717) is 18.8 Å². The molecule has 0 atom stereocenters. The molecule has 0 nitrogen and oxygen atoms in total. The van der Waals surface area contributed by atoms with Gasteiger partial charge in [-0.2, -0.15) is 13.2 Å². The van der Waals surface area contributed by atoms with Crippen LogP contribution in [0.3, 0.4) is 0 Å². The van der Waals surface area contributed by atoms with Crippen LogP contribution in [-0.2, 0) is 12.8 Å². The summed E-state index contributed by atoms with van der Waals surface area (Å²) in [6, 6.07) is 18.1. The Morgan fingerprint density at radius 1 is 0.694 bits per heavy atom. The molecule has 0 unspecified atom stereocenters. The summed E-state index contributed by atoms with van der Waals surface area (Å²) in [5, 5.41) is 0. The van der Waals surface area contributed by atoms with E-state index in [2.05, 4.69) is 55.5 Å². The quantitative estimate of drug-likeness (QED) is 0.250. The minimum atomic E-state index is -4.86. The Bertz CT molecular complexity index is 955. The van der Waals surface area contributed by atoms with Crippen molar-refractivity contribution in [2.45, 2.75) is 102 Å². The summed E-state index contributed by atoms with van der Waals surface area (Å²) < 4.78 is 50.5. The van der Waals surface area contributed by atoms with Gasteiger partial charge >= 0.3 is 6.18 Å². The lowest BCUT2D eigenvalue weighted by Crippen LogP contribution is -2.15. The molecule has 0 bridgehead atoms. The average molecular weight is 501 g/mol. The number of aryl methyl sites for hydroxylation is 2. The molecule has 0 N–H and O–H groups in total.